The Morgan fingerprint density at radius 2 is 1.96 bits per heavy atom. The Kier molecular flexibility index (Phi) is 6.08. The first-order valence-corrected chi connectivity index (χ1v) is 10.0. The first kappa shape index (κ1) is 20.0. The molecular formula is C18H17ClN4O4S. The number of esters is 1. The van der Waals surface area contributed by atoms with Gasteiger partial charge in [-0.25, -0.2) is 27.6 Å². The molecule has 0 aliphatic rings. The van der Waals surface area contributed by atoms with Crippen molar-refractivity contribution < 1.29 is 17.9 Å². The van der Waals surface area contributed by atoms with E-state index in [0.29, 0.717) is 6.54 Å². The number of nitrogens with zero attached hydrogens (tertiary/aromatic N) is 3. The summed E-state index contributed by atoms with van der Waals surface area (Å²) < 4.78 is 34.1. The number of carbonyl (C=O) groups excluding carboxylic acids is 1. The predicted molar refractivity (Wildman–Crippen MR) is 102 cm³/mol. The van der Waals surface area contributed by atoms with Gasteiger partial charge in [0.05, 0.1) is 24.2 Å². The van der Waals surface area contributed by atoms with Gasteiger partial charge in [-0.2, -0.15) is 5.10 Å². The van der Waals surface area contributed by atoms with Gasteiger partial charge in [0.2, 0.25) is 10.0 Å². The quantitative estimate of drug-likeness (QED) is 0.588. The second-order valence-corrected chi connectivity index (χ2v) is 7.97. The molecule has 0 atom stereocenters. The number of sulfonamides is 1. The maximum Gasteiger partial charge on any atom is 0.337 e. The van der Waals surface area contributed by atoms with E-state index in [2.05, 4.69) is 19.5 Å². The number of aromatic nitrogens is 3. The van der Waals surface area contributed by atoms with E-state index < -0.39 is 16.0 Å². The van der Waals surface area contributed by atoms with Crippen LogP contribution < -0.4 is 4.72 Å². The number of rotatable bonds is 7. The van der Waals surface area contributed by atoms with Crippen molar-refractivity contribution in [3.8, 4) is 0 Å². The van der Waals surface area contributed by atoms with Gasteiger partial charge < -0.3 is 4.74 Å². The molecule has 3 aromatic rings. The summed E-state index contributed by atoms with van der Waals surface area (Å²) in [5.74, 6) is -0.596. The smallest absolute Gasteiger partial charge is 0.337 e. The van der Waals surface area contributed by atoms with Crippen LogP contribution in [-0.2, 0) is 27.8 Å². The largest absolute Gasteiger partial charge is 0.465 e. The van der Waals surface area contributed by atoms with Crippen LogP contribution in [0.4, 0.5) is 0 Å². The van der Waals surface area contributed by atoms with Crippen LogP contribution in [0.2, 0.25) is 5.02 Å². The summed E-state index contributed by atoms with van der Waals surface area (Å²) in [6.45, 7) is 0.536. The van der Waals surface area contributed by atoms with E-state index in [4.69, 9.17) is 11.6 Å². The van der Waals surface area contributed by atoms with Crippen LogP contribution in [0.5, 0.6) is 0 Å². The minimum absolute atomic E-state index is 0.0636. The molecule has 0 bridgehead atoms. The molecule has 0 spiro atoms. The molecule has 0 saturated heterocycles. The molecule has 3 rings (SSSR count). The van der Waals surface area contributed by atoms with Gasteiger partial charge in [0.15, 0.2) is 0 Å². The van der Waals surface area contributed by atoms with E-state index in [0.717, 1.165) is 11.1 Å². The van der Waals surface area contributed by atoms with Crippen LogP contribution in [-0.4, -0.2) is 36.3 Å². The molecule has 0 aliphatic heterocycles. The Bertz CT molecular complexity index is 1080. The molecule has 0 fully saturated rings. The molecule has 146 valence electrons. The third-order valence-corrected chi connectivity index (χ3v) is 5.90. The van der Waals surface area contributed by atoms with Gasteiger partial charge in [-0.05, 0) is 29.3 Å². The summed E-state index contributed by atoms with van der Waals surface area (Å²) in [5, 5.41) is 4.00. The highest BCUT2D eigenvalue weighted by atomic mass is 35.5. The summed E-state index contributed by atoms with van der Waals surface area (Å²) in [6.07, 6.45) is 3.02. The fourth-order valence-corrected chi connectivity index (χ4v) is 4.14. The molecule has 0 saturated carbocycles. The molecule has 1 aromatic heterocycles. The second kappa shape index (κ2) is 8.51. The van der Waals surface area contributed by atoms with E-state index in [9.17, 15) is 13.2 Å². The van der Waals surface area contributed by atoms with Gasteiger partial charge in [-0.3, -0.25) is 0 Å². The molecule has 0 amide bonds. The highest BCUT2D eigenvalue weighted by Crippen LogP contribution is 2.23. The number of halogens is 1. The fraction of sp³-hybridized carbons (Fsp3) is 0.167. The summed E-state index contributed by atoms with van der Waals surface area (Å²) in [6, 6.07) is 11.3. The number of ether oxygens (including phenoxy) is 1. The van der Waals surface area contributed by atoms with Crippen LogP contribution in [0.15, 0.2) is 60.0 Å². The van der Waals surface area contributed by atoms with Crippen molar-refractivity contribution in [3.05, 3.63) is 76.8 Å². The van der Waals surface area contributed by atoms with Crippen molar-refractivity contribution in [2.45, 2.75) is 18.0 Å². The number of nitrogens with one attached hydrogen (secondary N) is 1. The Labute approximate surface area is 167 Å². The molecule has 28 heavy (non-hydrogen) atoms. The standard InChI is InChI=1S/C18H17ClN4O4S/c1-27-18(24)13-6-7-17(16(19)8-13)28(25,26)22-9-14-4-2-3-5-15(14)10-23-12-20-11-21-23/h2-8,11-12,22H,9-10H2,1H3. The molecule has 1 heterocycles. The third-order valence-electron chi connectivity index (χ3n) is 4.01. The van der Waals surface area contributed by atoms with E-state index in [1.807, 2.05) is 24.3 Å². The molecular weight excluding hydrogens is 404 g/mol. The third kappa shape index (κ3) is 4.56. The lowest BCUT2D eigenvalue weighted by Crippen LogP contribution is -2.24. The van der Waals surface area contributed by atoms with Crippen LogP contribution in [0.1, 0.15) is 21.5 Å². The molecule has 0 aliphatic carbocycles. The summed E-state index contributed by atoms with van der Waals surface area (Å²) in [7, 11) is -2.65. The highest BCUT2D eigenvalue weighted by Gasteiger charge is 2.20. The zero-order chi connectivity index (χ0) is 20.1. The summed E-state index contributed by atoms with van der Waals surface area (Å²) in [4.78, 5) is 15.3. The van der Waals surface area contributed by atoms with Gasteiger partial charge in [0, 0.05) is 6.54 Å². The molecule has 0 unspecified atom stereocenters. The lowest BCUT2D eigenvalue weighted by molar-refractivity contribution is 0.0600. The minimum Gasteiger partial charge on any atom is -0.465 e. The van der Waals surface area contributed by atoms with Gasteiger partial charge in [0.25, 0.3) is 0 Å². The highest BCUT2D eigenvalue weighted by molar-refractivity contribution is 7.89. The Hall–Kier alpha value is -2.75. The van der Waals surface area contributed by atoms with E-state index >= 15 is 0 Å². The lowest BCUT2D eigenvalue weighted by Gasteiger charge is -2.12. The Balaban J connectivity index is 1.78. The summed E-state index contributed by atoms with van der Waals surface area (Å²) in [5.41, 5.74) is 1.87. The van der Waals surface area contributed by atoms with Gasteiger partial charge >= 0.3 is 5.97 Å². The lowest BCUT2D eigenvalue weighted by atomic mass is 10.1. The Morgan fingerprint density at radius 3 is 2.61 bits per heavy atom. The maximum absolute atomic E-state index is 12.7. The number of carbonyl (C=O) groups is 1. The average molecular weight is 421 g/mol. The monoisotopic (exact) mass is 420 g/mol. The van der Waals surface area contributed by atoms with Crippen LogP contribution >= 0.6 is 11.6 Å². The zero-order valence-electron chi connectivity index (χ0n) is 14.9. The number of benzene rings is 2. The molecule has 0 radical (unpaired) electrons. The van der Waals surface area contributed by atoms with E-state index in [1.165, 1.54) is 31.6 Å². The van der Waals surface area contributed by atoms with Crippen molar-refractivity contribution in [3.63, 3.8) is 0 Å². The fourth-order valence-electron chi connectivity index (χ4n) is 2.59. The number of hydrogen-bond donors (Lipinski definition) is 1. The summed E-state index contributed by atoms with van der Waals surface area (Å²) >= 11 is 6.08. The van der Waals surface area contributed by atoms with Crippen LogP contribution in [0.25, 0.3) is 0 Å². The van der Waals surface area contributed by atoms with E-state index in [1.54, 1.807) is 11.0 Å². The van der Waals surface area contributed by atoms with Crippen molar-refractivity contribution >= 4 is 27.6 Å². The topological polar surface area (TPSA) is 103 Å². The first-order chi connectivity index (χ1) is 13.4. The zero-order valence-corrected chi connectivity index (χ0v) is 16.4. The van der Waals surface area contributed by atoms with Gasteiger partial charge in [-0.1, -0.05) is 35.9 Å². The Morgan fingerprint density at radius 1 is 1.21 bits per heavy atom. The molecule has 8 nitrogen and oxygen atoms in total. The SMILES string of the molecule is COC(=O)c1ccc(S(=O)(=O)NCc2ccccc2Cn2cncn2)c(Cl)c1. The maximum atomic E-state index is 12.7. The van der Waals surface area contributed by atoms with Crippen molar-refractivity contribution in [1.29, 1.82) is 0 Å². The average Bonchev–Trinajstić information content (AvgIpc) is 3.19. The predicted octanol–water partition coefficient (Wildman–Crippen LogP) is 2.24. The molecule has 1 N–H and O–H groups in total. The first-order valence-electron chi connectivity index (χ1n) is 8.17. The number of methoxy groups -OCH3 is 1. The van der Waals surface area contributed by atoms with Crippen molar-refractivity contribution in [1.82, 2.24) is 19.5 Å². The van der Waals surface area contributed by atoms with Crippen molar-refractivity contribution in [2.75, 3.05) is 7.11 Å². The molecule has 10 heteroatoms. The minimum atomic E-state index is -3.89. The second-order valence-electron chi connectivity index (χ2n) is 5.82. The van der Waals surface area contributed by atoms with Crippen LogP contribution in [0, 0.1) is 0 Å². The number of hydrogen-bond acceptors (Lipinski definition) is 6. The van der Waals surface area contributed by atoms with E-state index in [-0.39, 0.29) is 22.0 Å². The van der Waals surface area contributed by atoms with Gasteiger partial charge in [0.1, 0.15) is 17.6 Å². The molecule has 2 aromatic carbocycles. The van der Waals surface area contributed by atoms with Gasteiger partial charge in [-0.15, -0.1) is 0 Å². The normalized spacial score (nSPS) is 11.4. The van der Waals surface area contributed by atoms with Crippen LogP contribution in [0.3, 0.4) is 0 Å². The van der Waals surface area contributed by atoms with Crippen molar-refractivity contribution in [2.24, 2.45) is 0 Å².